The molecule has 7 heteroatoms. The van der Waals surface area contributed by atoms with E-state index in [4.69, 9.17) is 9.47 Å². The lowest BCUT2D eigenvalue weighted by Crippen LogP contribution is -2.52. The highest BCUT2D eigenvalue weighted by atomic mass is 16.5. The smallest absolute Gasteiger partial charge is 0.322 e. The van der Waals surface area contributed by atoms with E-state index in [0.717, 1.165) is 36.3 Å². The van der Waals surface area contributed by atoms with Gasteiger partial charge in [0.05, 0.1) is 7.11 Å². The average molecular weight is 359 g/mol. The average Bonchev–Trinajstić information content (AvgIpc) is 3.25. The highest BCUT2D eigenvalue weighted by Gasteiger charge is 2.53. The van der Waals surface area contributed by atoms with Crippen LogP contribution in [-0.2, 0) is 17.8 Å². The maximum Gasteiger partial charge on any atom is 0.322 e. The van der Waals surface area contributed by atoms with Crippen LogP contribution in [0.3, 0.4) is 0 Å². The van der Waals surface area contributed by atoms with Gasteiger partial charge < -0.3 is 20.1 Å². The zero-order valence-corrected chi connectivity index (χ0v) is 15.2. The summed E-state index contributed by atoms with van der Waals surface area (Å²) < 4.78 is 11.4. The molecule has 1 saturated carbocycles. The van der Waals surface area contributed by atoms with Crippen LogP contribution in [0, 0.1) is 5.92 Å². The van der Waals surface area contributed by atoms with E-state index in [1.807, 2.05) is 12.1 Å². The lowest BCUT2D eigenvalue weighted by atomic mass is 9.87. The van der Waals surface area contributed by atoms with Crippen LogP contribution in [0.2, 0.25) is 0 Å². The van der Waals surface area contributed by atoms with Gasteiger partial charge in [-0.25, -0.2) is 4.79 Å². The maximum atomic E-state index is 12.3. The van der Waals surface area contributed by atoms with Gasteiger partial charge in [0.15, 0.2) is 0 Å². The number of fused-ring (bicyclic) bond motifs is 1. The van der Waals surface area contributed by atoms with Crippen LogP contribution in [0.1, 0.15) is 37.3 Å². The third kappa shape index (κ3) is 2.80. The molecule has 26 heavy (non-hydrogen) atoms. The number of methoxy groups -OCH3 is 1. The molecule has 3 aliphatic rings. The standard InChI is InChI=1S/C19H25N3O4/c1-11-6-12-7-15(25-2)8-13(16(12)26-11)9-20-10-14-4-3-5-19(14)17(23)21-18(24)22-19/h7-8,11,14,20H,3-6,9-10H2,1-2H3,(H2,21,22,23,24)/t11-,14+,19+/m1/s1. The van der Waals surface area contributed by atoms with Crippen molar-refractivity contribution >= 4 is 11.9 Å². The number of amides is 3. The number of imide groups is 1. The van der Waals surface area contributed by atoms with Gasteiger partial charge in [-0.05, 0) is 31.9 Å². The van der Waals surface area contributed by atoms with E-state index in [0.29, 0.717) is 19.5 Å². The fourth-order valence-electron chi connectivity index (χ4n) is 4.53. The van der Waals surface area contributed by atoms with E-state index in [9.17, 15) is 9.59 Å². The first kappa shape index (κ1) is 17.1. The highest BCUT2D eigenvalue weighted by Crippen LogP contribution is 2.38. The number of urea groups is 1. The minimum atomic E-state index is -0.745. The van der Waals surface area contributed by atoms with Crippen LogP contribution >= 0.6 is 0 Å². The number of hydrogen-bond donors (Lipinski definition) is 3. The SMILES string of the molecule is COc1cc(CNC[C@@H]2CCC[C@]23NC(=O)NC3=O)c2c(c1)C[C@@H](C)O2. The third-order valence-corrected chi connectivity index (χ3v) is 5.77. The van der Waals surface area contributed by atoms with Gasteiger partial charge in [0.2, 0.25) is 0 Å². The van der Waals surface area contributed by atoms with Crippen LogP contribution in [0.15, 0.2) is 12.1 Å². The highest BCUT2D eigenvalue weighted by molar-refractivity contribution is 6.07. The van der Waals surface area contributed by atoms with Crippen molar-refractivity contribution in [2.45, 2.75) is 50.8 Å². The first-order valence-electron chi connectivity index (χ1n) is 9.22. The van der Waals surface area contributed by atoms with Crippen LogP contribution < -0.4 is 25.4 Å². The van der Waals surface area contributed by atoms with Gasteiger partial charge in [0.1, 0.15) is 23.1 Å². The van der Waals surface area contributed by atoms with Gasteiger partial charge in [-0.3, -0.25) is 10.1 Å². The molecule has 140 valence electrons. The molecule has 1 spiro atoms. The predicted molar refractivity (Wildman–Crippen MR) is 95.2 cm³/mol. The molecular weight excluding hydrogens is 334 g/mol. The van der Waals surface area contributed by atoms with E-state index in [2.05, 4.69) is 22.9 Å². The molecule has 0 aromatic heterocycles. The second-order valence-corrected chi connectivity index (χ2v) is 7.51. The molecule has 0 unspecified atom stereocenters. The molecule has 2 heterocycles. The number of hydrogen-bond acceptors (Lipinski definition) is 5. The summed E-state index contributed by atoms with van der Waals surface area (Å²) in [6.45, 7) is 3.36. The largest absolute Gasteiger partial charge is 0.497 e. The topological polar surface area (TPSA) is 88.7 Å². The fraction of sp³-hybridized carbons (Fsp3) is 0.579. The lowest BCUT2D eigenvalue weighted by molar-refractivity contribution is -0.125. The van der Waals surface area contributed by atoms with Crippen molar-refractivity contribution in [2.75, 3.05) is 13.7 Å². The molecule has 3 N–H and O–H groups in total. The summed E-state index contributed by atoms with van der Waals surface area (Å²) in [5.41, 5.74) is 1.50. The van der Waals surface area contributed by atoms with E-state index in [1.165, 1.54) is 5.56 Å². The Morgan fingerprint density at radius 2 is 2.23 bits per heavy atom. The summed E-state index contributed by atoms with van der Waals surface area (Å²) in [6.07, 6.45) is 3.62. The van der Waals surface area contributed by atoms with Crippen LogP contribution in [0.4, 0.5) is 4.79 Å². The van der Waals surface area contributed by atoms with Crippen molar-refractivity contribution in [2.24, 2.45) is 5.92 Å². The van der Waals surface area contributed by atoms with Crippen molar-refractivity contribution in [1.29, 1.82) is 0 Å². The van der Waals surface area contributed by atoms with Crippen molar-refractivity contribution < 1.29 is 19.1 Å². The van der Waals surface area contributed by atoms with Gasteiger partial charge in [0.25, 0.3) is 5.91 Å². The Kier molecular flexibility index (Phi) is 4.26. The Labute approximate surface area is 152 Å². The van der Waals surface area contributed by atoms with E-state index >= 15 is 0 Å². The molecule has 2 aliphatic heterocycles. The normalized spacial score (nSPS) is 29.5. The van der Waals surface area contributed by atoms with Gasteiger partial charge in [-0.1, -0.05) is 6.42 Å². The second-order valence-electron chi connectivity index (χ2n) is 7.51. The Balaban J connectivity index is 1.45. The molecule has 3 atom stereocenters. The molecule has 1 aromatic carbocycles. The van der Waals surface area contributed by atoms with Crippen LogP contribution in [0.25, 0.3) is 0 Å². The Morgan fingerprint density at radius 1 is 1.38 bits per heavy atom. The molecule has 2 fully saturated rings. The Morgan fingerprint density at radius 3 is 2.96 bits per heavy atom. The first-order chi connectivity index (χ1) is 12.5. The minimum Gasteiger partial charge on any atom is -0.497 e. The number of ether oxygens (including phenoxy) is 2. The molecule has 0 radical (unpaired) electrons. The Bertz CT molecular complexity index is 751. The third-order valence-electron chi connectivity index (χ3n) is 5.77. The first-order valence-corrected chi connectivity index (χ1v) is 9.22. The number of nitrogens with one attached hydrogen (secondary N) is 3. The summed E-state index contributed by atoms with van der Waals surface area (Å²) in [4.78, 5) is 23.9. The van der Waals surface area contributed by atoms with Crippen LogP contribution in [-0.4, -0.2) is 37.2 Å². The van der Waals surface area contributed by atoms with E-state index in [1.54, 1.807) is 7.11 Å². The maximum absolute atomic E-state index is 12.3. The van der Waals surface area contributed by atoms with Crippen molar-refractivity contribution in [3.8, 4) is 11.5 Å². The number of carbonyl (C=O) groups is 2. The van der Waals surface area contributed by atoms with Gasteiger partial charge in [-0.2, -0.15) is 0 Å². The molecule has 7 nitrogen and oxygen atoms in total. The summed E-state index contributed by atoms with van der Waals surface area (Å²) >= 11 is 0. The van der Waals surface area contributed by atoms with Crippen molar-refractivity contribution in [3.05, 3.63) is 23.3 Å². The minimum absolute atomic E-state index is 0.0902. The van der Waals surface area contributed by atoms with E-state index < -0.39 is 5.54 Å². The fourth-order valence-corrected chi connectivity index (χ4v) is 4.53. The number of carbonyl (C=O) groups excluding carboxylic acids is 2. The van der Waals surface area contributed by atoms with Gasteiger partial charge in [-0.15, -0.1) is 0 Å². The zero-order chi connectivity index (χ0) is 18.3. The number of rotatable bonds is 5. The summed E-state index contributed by atoms with van der Waals surface area (Å²) in [6, 6.07) is 3.65. The summed E-state index contributed by atoms with van der Waals surface area (Å²) in [7, 11) is 1.67. The zero-order valence-electron chi connectivity index (χ0n) is 15.2. The van der Waals surface area contributed by atoms with Crippen molar-refractivity contribution in [1.82, 2.24) is 16.0 Å². The molecule has 1 aliphatic carbocycles. The molecule has 1 saturated heterocycles. The number of benzene rings is 1. The lowest BCUT2D eigenvalue weighted by Gasteiger charge is -2.28. The van der Waals surface area contributed by atoms with Crippen molar-refractivity contribution in [3.63, 3.8) is 0 Å². The van der Waals surface area contributed by atoms with Gasteiger partial charge >= 0.3 is 6.03 Å². The molecule has 3 amide bonds. The molecule has 1 aromatic rings. The molecule has 0 bridgehead atoms. The quantitative estimate of drug-likeness (QED) is 0.693. The molecule has 4 rings (SSSR count). The summed E-state index contributed by atoms with van der Waals surface area (Å²) in [5, 5.41) is 8.71. The monoisotopic (exact) mass is 359 g/mol. The molecular formula is C19H25N3O4. The van der Waals surface area contributed by atoms with Gasteiger partial charge in [0, 0.05) is 36.6 Å². The second kappa shape index (κ2) is 6.46. The van der Waals surface area contributed by atoms with Crippen LogP contribution in [0.5, 0.6) is 11.5 Å². The Hall–Kier alpha value is -2.28. The van der Waals surface area contributed by atoms with E-state index in [-0.39, 0.29) is 24.0 Å². The predicted octanol–water partition coefficient (Wildman–Crippen LogP) is 1.49. The summed E-state index contributed by atoms with van der Waals surface area (Å²) in [5.74, 6) is 1.68.